The molecule has 4 aromatic rings. The lowest BCUT2D eigenvalue weighted by atomic mass is 10.1. The molecule has 0 aliphatic heterocycles. The Hall–Kier alpha value is -3.12. The second-order valence-electron chi connectivity index (χ2n) is 6.87. The molecule has 2 aromatic carbocycles. The van der Waals surface area contributed by atoms with E-state index in [1.807, 2.05) is 24.3 Å². The number of hydrogen-bond donors (Lipinski definition) is 1. The van der Waals surface area contributed by atoms with Crippen LogP contribution in [0.5, 0.6) is 5.75 Å². The second-order valence-corrected chi connectivity index (χ2v) is 7.86. The number of aromatic amines is 1. The van der Waals surface area contributed by atoms with E-state index in [-0.39, 0.29) is 5.78 Å². The van der Waals surface area contributed by atoms with Crippen LogP contribution in [-0.2, 0) is 0 Å². The van der Waals surface area contributed by atoms with Crippen molar-refractivity contribution in [1.82, 2.24) is 15.0 Å². The maximum atomic E-state index is 12.4. The van der Waals surface area contributed by atoms with E-state index in [2.05, 4.69) is 40.9 Å². The third-order valence-electron chi connectivity index (χ3n) is 4.85. The average molecular weight is 404 g/mol. The fourth-order valence-corrected chi connectivity index (χ4v) is 3.77. The molecule has 2 heterocycles. The van der Waals surface area contributed by atoms with Gasteiger partial charge in [0.1, 0.15) is 11.6 Å². The van der Waals surface area contributed by atoms with Gasteiger partial charge in [0, 0.05) is 17.3 Å². The van der Waals surface area contributed by atoms with Crippen LogP contribution in [0.2, 0.25) is 0 Å². The summed E-state index contributed by atoms with van der Waals surface area (Å²) in [5.41, 5.74) is 5.98. The molecule has 0 aliphatic rings. The number of aryl methyl sites for hydroxylation is 2. The smallest absolute Gasteiger partial charge is 0.173 e. The van der Waals surface area contributed by atoms with E-state index >= 15 is 0 Å². The fraction of sp³-hybridized carbons (Fsp3) is 0.174. The first-order valence-electron chi connectivity index (χ1n) is 9.27. The molecule has 0 spiro atoms. The highest BCUT2D eigenvalue weighted by Gasteiger charge is 2.10. The molecule has 29 heavy (non-hydrogen) atoms. The van der Waals surface area contributed by atoms with Crippen molar-refractivity contribution in [2.45, 2.75) is 18.9 Å². The van der Waals surface area contributed by atoms with Gasteiger partial charge in [-0.25, -0.2) is 9.97 Å². The topological polar surface area (TPSA) is 67.9 Å². The Morgan fingerprint density at radius 3 is 2.69 bits per heavy atom. The molecule has 146 valence electrons. The Morgan fingerprint density at radius 1 is 1.10 bits per heavy atom. The first-order chi connectivity index (χ1) is 14.0. The van der Waals surface area contributed by atoms with E-state index in [1.54, 1.807) is 25.4 Å². The standard InChI is InChI=1S/C23H21N3O2S/c1-14-9-19-20(10-15(14)2)26-23(25-19)17-7-8-22(24-12-17)29-13-21(27)16-5-4-6-18(11-16)28-3/h4-12H,13H2,1-3H3,(H,25,26). The van der Waals surface area contributed by atoms with E-state index < -0.39 is 0 Å². The third-order valence-corrected chi connectivity index (χ3v) is 5.79. The number of hydrogen-bond acceptors (Lipinski definition) is 5. The number of carbonyl (C=O) groups is 1. The number of nitrogens with zero attached hydrogens (tertiary/aromatic N) is 2. The van der Waals surface area contributed by atoms with Gasteiger partial charge in [0.05, 0.1) is 28.9 Å². The Labute approximate surface area is 173 Å². The summed E-state index contributed by atoms with van der Waals surface area (Å²) in [4.78, 5) is 24.9. The van der Waals surface area contributed by atoms with Crippen LogP contribution in [-0.4, -0.2) is 33.6 Å². The van der Waals surface area contributed by atoms with E-state index in [4.69, 9.17) is 4.74 Å². The number of rotatable bonds is 6. The molecule has 4 rings (SSSR count). The van der Waals surface area contributed by atoms with Gasteiger partial charge in [0.25, 0.3) is 0 Å². The van der Waals surface area contributed by atoms with Crippen LogP contribution in [0.1, 0.15) is 21.5 Å². The molecule has 0 saturated carbocycles. The number of nitrogens with one attached hydrogen (secondary N) is 1. The van der Waals surface area contributed by atoms with Crippen molar-refractivity contribution < 1.29 is 9.53 Å². The predicted molar refractivity (Wildman–Crippen MR) is 117 cm³/mol. The Kier molecular flexibility index (Phi) is 5.36. The lowest BCUT2D eigenvalue weighted by Gasteiger charge is -2.04. The van der Waals surface area contributed by atoms with Crippen molar-refractivity contribution in [1.29, 1.82) is 0 Å². The number of carbonyl (C=O) groups excluding carboxylic acids is 1. The highest BCUT2D eigenvalue weighted by Crippen LogP contribution is 2.25. The summed E-state index contributed by atoms with van der Waals surface area (Å²) in [6.45, 7) is 4.18. The molecule has 0 unspecified atom stereocenters. The molecule has 1 N–H and O–H groups in total. The summed E-state index contributed by atoms with van der Waals surface area (Å²) in [5, 5.41) is 0.799. The molecule has 0 amide bonds. The van der Waals surface area contributed by atoms with Gasteiger partial charge in [-0.2, -0.15) is 0 Å². The number of benzene rings is 2. The molecule has 0 aliphatic carbocycles. The molecule has 0 radical (unpaired) electrons. The van der Waals surface area contributed by atoms with Gasteiger partial charge in [-0.3, -0.25) is 4.79 Å². The molecule has 0 bridgehead atoms. The number of Topliss-reactive ketones (excluding diaryl/α,β-unsaturated/α-hetero) is 1. The van der Waals surface area contributed by atoms with E-state index in [0.29, 0.717) is 17.1 Å². The van der Waals surface area contributed by atoms with Gasteiger partial charge >= 0.3 is 0 Å². The summed E-state index contributed by atoms with van der Waals surface area (Å²) in [7, 11) is 1.59. The minimum absolute atomic E-state index is 0.0443. The zero-order chi connectivity index (χ0) is 20.4. The van der Waals surface area contributed by atoms with Crippen LogP contribution in [0.15, 0.2) is 59.8 Å². The number of aromatic nitrogens is 3. The lowest BCUT2D eigenvalue weighted by Crippen LogP contribution is -2.02. The van der Waals surface area contributed by atoms with Crippen LogP contribution in [0, 0.1) is 13.8 Å². The number of fused-ring (bicyclic) bond motifs is 1. The molecule has 0 atom stereocenters. The van der Waals surface area contributed by atoms with E-state index in [0.717, 1.165) is 27.4 Å². The number of imidazole rings is 1. The largest absolute Gasteiger partial charge is 0.497 e. The van der Waals surface area contributed by atoms with Gasteiger partial charge in [0.15, 0.2) is 5.78 Å². The predicted octanol–water partition coefficient (Wildman–Crippen LogP) is 5.23. The summed E-state index contributed by atoms with van der Waals surface area (Å²) in [6.07, 6.45) is 1.79. The quantitative estimate of drug-likeness (QED) is 0.353. The van der Waals surface area contributed by atoms with Crippen molar-refractivity contribution in [3.63, 3.8) is 0 Å². The van der Waals surface area contributed by atoms with Crippen LogP contribution in [0.4, 0.5) is 0 Å². The van der Waals surface area contributed by atoms with Gasteiger partial charge < -0.3 is 9.72 Å². The van der Waals surface area contributed by atoms with Crippen LogP contribution < -0.4 is 4.74 Å². The molecule has 2 aromatic heterocycles. The molecular weight excluding hydrogens is 382 g/mol. The summed E-state index contributed by atoms with van der Waals surface area (Å²) >= 11 is 1.42. The zero-order valence-corrected chi connectivity index (χ0v) is 17.3. The number of thioether (sulfide) groups is 1. The normalized spacial score (nSPS) is 11.0. The van der Waals surface area contributed by atoms with Crippen LogP contribution in [0.3, 0.4) is 0 Å². The monoisotopic (exact) mass is 403 g/mol. The van der Waals surface area contributed by atoms with E-state index in [9.17, 15) is 4.79 Å². The lowest BCUT2D eigenvalue weighted by molar-refractivity contribution is 0.102. The van der Waals surface area contributed by atoms with Gasteiger partial charge in [0.2, 0.25) is 0 Å². The van der Waals surface area contributed by atoms with Gasteiger partial charge in [-0.05, 0) is 61.4 Å². The average Bonchev–Trinajstić information content (AvgIpc) is 3.15. The highest BCUT2D eigenvalue weighted by atomic mass is 32.2. The summed E-state index contributed by atoms with van der Waals surface area (Å²) < 4.78 is 5.18. The van der Waals surface area contributed by atoms with Gasteiger partial charge in [-0.1, -0.05) is 23.9 Å². The molecule has 5 nitrogen and oxygen atoms in total. The first-order valence-corrected chi connectivity index (χ1v) is 10.3. The number of pyridine rings is 1. The molecular formula is C23H21N3O2S. The van der Waals surface area contributed by atoms with Crippen LogP contribution >= 0.6 is 11.8 Å². The maximum absolute atomic E-state index is 12.4. The maximum Gasteiger partial charge on any atom is 0.173 e. The third kappa shape index (κ3) is 4.17. The van der Waals surface area contributed by atoms with Crippen molar-refractivity contribution >= 4 is 28.6 Å². The van der Waals surface area contributed by atoms with Crippen molar-refractivity contribution in [3.05, 3.63) is 71.4 Å². The molecule has 0 fully saturated rings. The first kappa shape index (κ1) is 19.2. The minimum atomic E-state index is 0.0443. The van der Waals surface area contributed by atoms with Crippen molar-refractivity contribution in [2.24, 2.45) is 0 Å². The Morgan fingerprint density at radius 2 is 1.93 bits per heavy atom. The molecule has 0 saturated heterocycles. The number of ether oxygens (including phenoxy) is 1. The zero-order valence-electron chi connectivity index (χ0n) is 16.5. The number of ketones is 1. The second kappa shape index (κ2) is 8.09. The highest BCUT2D eigenvalue weighted by molar-refractivity contribution is 7.99. The SMILES string of the molecule is COc1cccc(C(=O)CSc2ccc(-c3nc4cc(C)c(C)cc4[nH]3)cn2)c1. The van der Waals surface area contributed by atoms with Crippen LogP contribution in [0.25, 0.3) is 22.4 Å². The molecule has 6 heteroatoms. The fourth-order valence-electron chi connectivity index (χ4n) is 3.03. The summed E-state index contributed by atoms with van der Waals surface area (Å²) in [6, 6.07) is 15.3. The van der Waals surface area contributed by atoms with Crippen molar-refractivity contribution in [2.75, 3.05) is 12.9 Å². The number of H-pyrrole nitrogens is 1. The Bertz CT molecular complexity index is 1140. The van der Waals surface area contributed by atoms with E-state index in [1.165, 1.54) is 22.9 Å². The summed E-state index contributed by atoms with van der Waals surface area (Å²) in [5.74, 6) is 1.84. The van der Waals surface area contributed by atoms with Gasteiger partial charge in [-0.15, -0.1) is 0 Å². The minimum Gasteiger partial charge on any atom is -0.497 e. The Balaban J connectivity index is 1.46. The van der Waals surface area contributed by atoms with Crippen molar-refractivity contribution in [3.8, 4) is 17.1 Å². The number of methoxy groups -OCH3 is 1.